The summed E-state index contributed by atoms with van der Waals surface area (Å²) in [5.41, 5.74) is 1.84. The van der Waals surface area contributed by atoms with Gasteiger partial charge in [0.05, 0.1) is 11.1 Å². The number of amides is 3. The fourth-order valence-electron chi connectivity index (χ4n) is 3.60. The van der Waals surface area contributed by atoms with Crippen molar-refractivity contribution in [2.45, 2.75) is 13.0 Å². The molecular weight excluding hydrogens is 388 g/mol. The zero-order valence-electron chi connectivity index (χ0n) is 16.8. The number of ether oxygens (including phenoxy) is 3. The molecule has 3 amide bonds. The first kappa shape index (κ1) is 19.9. The van der Waals surface area contributed by atoms with Crippen molar-refractivity contribution in [1.82, 2.24) is 9.80 Å². The van der Waals surface area contributed by atoms with E-state index in [1.165, 1.54) is 11.0 Å². The van der Waals surface area contributed by atoms with Crippen molar-refractivity contribution in [1.29, 1.82) is 0 Å². The molecule has 0 radical (unpaired) electrons. The fraction of sp³-hybridized carbons (Fsp3) is 0.318. The Morgan fingerprint density at radius 2 is 1.83 bits per heavy atom. The van der Waals surface area contributed by atoms with E-state index in [1.807, 2.05) is 18.2 Å². The molecule has 2 aromatic rings. The van der Waals surface area contributed by atoms with Gasteiger partial charge in [0, 0.05) is 39.4 Å². The highest BCUT2D eigenvalue weighted by Gasteiger charge is 2.35. The quantitative estimate of drug-likeness (QED) is 0.514. The molecule has 0 N–H and O–H groups in total. The molecule has 0 aliphatic carbocycles. The molecule has 0 bridgehead atoms. The Bertz CT molecular complexity index is 1020. The molecule has 2 aliphatic heterocycles. The van der Waals surface area contributed by atoms with Gasteiger partial charge in [-0.2, -0.15) is 0 Å². The smallest absolute Gasteiger partial charge is 0.261 e. The summed E-state index contributed by atoms with van der Waals surface area (Å²) in [4.78, 5) is 40.8. The van der Waals surface area contributed by atoms with Gasteiger partial charge in [-0.25, -0.2) is 0 Å². The molecule has 0 aromatic heterocycles. The van der Waals surface area contributed by atoms with Gasteiger partial charge in [0.25, 0.3) is 17.7 Å². The van der Waals surface area contributed by atoms with Crippen LogP contribution in [0.3, 0.4) is 0 Å². The number of fused-ring (bicyclic) bond motifs is 2. The van der Waals surface area contributed by atoms with Crippen molar-refractivity contribution >= 4 is 17.7 Å². The van der Waals surface area contributed by atoms with E-state index in [2.05, 4.69) is 0 Å². The molecule has 2 aromatic carbocycles. The zero-order chi connectivity index (χ0) is 21.3. The molecule has 0 spiro atoms. The zero-order valence-corrected chi connectivity index (χ0v) is 16.8. The highest BCUT2D eigenvalue weighted by molar-refractivity contribution is 6.22. The topological polar surface area (TPSA) is 85.4 Å². The second kappa shape index (κ2) is 8.16. The third kappa shape index (κ3) is 3.61. The fourth-order valence-corrected chi connectivity index (χ4v) is 3.60. The third-order valence-corrected chi connectivity index (χ3v) is 5.15. The normalized spacial score (nSPS) is 14.3. The van der Waals surface area contributed by atoms with Crippen LogP contribution in [0.25, 0.3) is 0 Å². The highest BCUT2D eigenvalue weighted by Crippen LogP contribution is 2.33. The second-order valence-electron chi connectivity index (χ2n) is 7.22. The average molecular weight is 410 g/mol. The summed E-state index contributed by atoms with van der Waals surface area (Å²) >= 11 is 0. The molecule has 0 saturated carbocycles. The lowest BCUT2D eigenvalue weighted by Gasteiger charge is -2.18. The minimum atomic E-state index is -0.376. The summed E-state index contributed by atoms with van der Waals surface area (Å²) in [6, 6.07) is 10.2. The van der Waals surface area contributed by atoms with Crippen molar-refractivity contribution in [3.63, 3.8) is 0 Å². The largest absolute Gasteiger partial charge is 0.454 e. The van der Waals surface area contributed by atoms with Crippen LogP contribution in [-0.4, -0.2) is 61.6 Å². The van der Waals surface area contributed by atoms with Crippen LogP contribution in [-0.2, 0) is 11.3 Å². The lowest BCUT2D eigenvalue weighted by Crippen LogP contribution is -2.31. The van der Waals surface area contributed by atoms with Gasteiger partial charge < -0.3 is 19.1 Å². The van der Waals surface area contributed by atoms with Crippen LogP contribution in [0, 0.1) is 0 Å². The number of hydrogen-bond donors (Lipinski definition) is 0. The summed E-state index contributed by atoms with van der Waals surface area (Å²) in [7, 11) is 3.25. The molecule has 0 unspecified atom stereocenters. The number of rotatable bonds is 7. The SMILES string of the molecule is COCCCN1C(=O)c2ccc(C(=O)N(C)Cc3ccc4c(c3)OCO4)cc2C1=O. The summed E-state index contributed by atoms with van der Waals surface area (Å²) in [5, 5.41) is 0. The minimum Gasteiger partial charge on any atom is -0.454 e. The first-order valence-corrected chi connectivity index (χ1v) is 9.63. The van der Waals surface area contributed by atoms with Gasteiger partial charge in [-0.3, -0.25) is 19.3 Å². The molecule has 8 nitrogen and oxygen atoms in total. The first-order chi connectivity index (χ1) is 14.5. The predicted octanol–water partition coefficient (Wildman–Crippen LogP) is 2.32. The maximum absolute atomic E-state index is 12.9. The number of carbonyl (C=O) groups is 3. The number of hydrogen-bond acceptors (Lipinski definition) is 6. The predicted molar refractivity (Wildman–Crippen MR) is 107 cm³/mol. The Morgan fingerprint density at radius 1 is 1.07 bits per heavy atom. The van der Waals surface area contributed by atoms with Crippen molar-refractivity contribution < 1.29 is 28.6 Å². The lowest BCUT2D eigenvalue weighted by molar-refractivity contribution is 0.0638. The number of methoxy groups -OCH3 is 1. The average Bonchev–Trinajstić information content (AvgIpc) is 3.31. The van der Waals surface area contributed by atoms with E-state index >= 15 is 0 Å². The summed E-state index contributed by atoms with van der Waals surface area (Å²) in [5.74, 6) is 0.389. The Labute approximate surface area is 173 Å². The summed E-state index contributed by atoms with van der Waals surface area (Å²) in [6.07, 6.45) is 0.562. The molecule has 2 aliphatic rings. The van der Waals surface area contributed by atoms with E-state index < -0.39 is 0 Å². The van der Waals surface area contributed by atoms with Gasteiger partial charge in [0.2, 0.25) is 6.79 Å². The third-order valence-electron chi connectivity index (χ3n) is 5.15. The molecule has 0 fully saturated rings. The lowest BCUT2D eigenvalue weighted by atomic mass is 10.0. The van der Waals surface area contributed by atoms with Crippen molar-refractivity contribution in [3.05, 3.63) is 58.7 Å². The van der Waals surface area contributed by atoms with Crippen LogP contribution in [0.1, 0.15) is 43.1 Å². The van der Waals surface area contributed by atoms with E-state index in [0.29, 0.717) is 42.2 Å². The van der Waals surface area contributed by atoms with Gasteiger partial charge in [-0.05, 0) is 42.3 Å². The maximum atomic E-state index is 12.9. The molecule has 8 heteroatoms. The summed E-state index contributed by atoms with van der Waals surface area (Å²) in [6.45, 7) is 1.30. The first-order valence-electron chi connectivity index (χ1n) is 9.63. The molecule has 30 heavy (non-hydrogen) atoms. The van der Waals surface area contributed by atoms with Crippen molar-refractivity contribution in [2.75, 3.05) is 34.1 Å². The van der Waals surface area contributed by atoms with Gasteiger partial charge in [0.15, 0.2) is 11.5 Å². The van der Waals surface area contributed by atoms with Crippen molar-refractivity contribution in [3.8, 4) is 11.5 Å². The number of nitrogens with zero attached hydrogens (tertiary/aromatic N) is 2. The summed E-state index contributed by atoms with van der Waals surface area (Å²) < 4.78 is 15.7. The van der Waals surface area contributed by atoms with E-state index in [0.717, 1.165) is 5.56 Å². The van der Waals surface area contributed by atoms with Gasteiger partial charge >= 0.3 is 0 Å². The van der Waals surface area contributed by atoms with Gasteiger partial charge in [-0.15, -0.1) is 0 Å². The molecule has 4 rings (SSSR count). The Morgan fingerprint density at radius 3 is 2.63 bits per heavy atom. The molecule has 2 heterocycles. The van der Waals surface area contributed by atoms with Crippen LogP contribution >= 0.6 is 0 Å². The van der Waals surface area contributed by atoms with Crippen molar-refractivity contribution in [2.24, 2.45) is 0 Å². The van der Waals surface area contributed by atoms with Crippen LogP contribution in [0.5, 0.6) is 11.5 Å². The number of benzene rings is 2. The van der Waals surface area contributed by atoms with Gasteiger partial charge in [-0.1, -0.05) is 6.07 Å². The monoisotopic (exact) mass is 410 g/mol. The van der Waals surface area contributed by atoms with E-state index in [4.69, 9.17) is 14.2 Å². The van der Waals surface area contributed by atoms with Crippen LogP contribution < -0.4 is 9.47 Å². The van der Waals surface area contributed by atoms with Crippen LogP contribution in [0.15, 0.2) is 36.4 Å². The standard InChI is InChI=1S/C22H22N2O6/c1-23(12-14-4-7-18-19(10-14)30-13-29-18)20(25)15-5-6-16-17(11-15)22(27)24(21(16)26)8-3-9-28-2/h4-7,10-11H,3,8-9,12-13H2,1-2H3. The molecule has 0 atom stereocenters. The van der Waals surface area contributed by atoms with E-state index in [-0.39, 0.29) is 36.6 Å². The number of carbonyl (C=O) groups excluding carboxylic acids is 3. The maximum Gasteiger partial charge on any atom is 0.261 e. The van der Waals surface area contributed by atoms with E-state index in [1.54, 1.807) is 31.2 Å². The van der Waals surface area contributed by atoms with Crippen LogP contribution in [0.4, 0.5) is 0 Å². The van der Waals surface area contributed by atoms with Crippen LogP contribution in [0.2, 0.25) is 0 Å². The Balaban J connectivity index is 1.48. The number of imide groups is 1. The van der Waals surface area contributed by atoms with E-state index in [9.17, 15) is 14.4 Å². The minimum absolute atomic E-state index is 0.192. The Hall–Kier alpha value is -3.39. The molecule has 156 valence electrons. The Kier molecular flexibility index (Phi) is 5.41. The highest BCUT2D eigenvalue weighted by atomic mass is 16.7. The molecular formula is C22H22N2O6. The molecule has 0 saturated heterocycles. The second-order valence-corrected chi connectivity index (χ2v) is 7.22. The van der Waals surface area contributed by atoms with Gasteiger partial charge in [0.1, 0.15) is 0 Å².